The summed E-state index contributed by atoms with van der Waals surface area (Å²) in [5.41, 5.74) is -2.13. The largest absolute Gasteiger partial charge is 0.479 e. The van der Waals surface area contributed by atoms with Gasteiger partial charge in [0.05, 0.1) is 0 Å². The standard InChI is InChI=1S/C7H12O7/c1-7(6(12)13)4(10)2(8)3(9)5(11)14-7/h2-5,8-11H,1H3,(H,12,13). The summed E-state index contributed by atoms with van der Waals surface area (Å²) in [5.74, 6) is -1.53. The van der Waals surface area contributed by atoms with E-state index in [-0.39, 0.29) is 0 Å². The highest BCUT2D eigenvalue weighted by Gasteiger charge is 2.55. The lowest BCUT2D eigenvalue weighted by atomic mass is 9.88. The summed E-state index contributed by atoms with van der Waals surface area (Å²) in [7, 11) is 0. The summed E-state index contributed by atoms with van der Waals surface area (Å²) in [6.07, 6.45) is -7.13. The molecule has 5 N–H and O–H groups in total. The van der Waals surface area contributed by atoms with E-state index in [0.717, 1.165) is 6.92 Å². The third-order valence-corrected chi connectivity index (χ3v) is 2.32. The highest BCUT2D eigenvalue weighted by Crippen LogP contribution is 2.28. The molecule has 0 amide bonds. The molecule has 7 nitrogen and oxygen atoms in total. The molecule has 5 atom stereocenters. The molecule has 82 valence electrons. The molecule has 1 saturated heterocycles. The minimum atomic E-state index is -2.13. The number of aliphatic hydroxyl groups excluding tert-OH is 4. The first-order valence-electron chi connectivity index (χ1n) is 3.94. The Morgan fingerprint density at radius 3 is 2.14 bits per heavy atom. The molecule has 0 aromatic rings. The van der Waals surface area contributed by atoms with Crippen LogP contribution < -0.4 is 0 Å². The zero-order valence-corrected chi connectivity index (χ0v) is 7.36. The second kappa shape index (κ2) is 3.44. The average molecular weight is 208 g/mol. The van der Waals surface area contributed by atoms with Gasteiger partial charge >= 0.3 is 5.97 Å². The van der Waals surface area contributed by atoms with Gasteiger partial charge in [-0.1, -0.05) is 0 Å². The van der Waals surface area contributed by atoms with Crippen LogP contribution in [0.1, 0.15) is 6.92 Å². The van der Waals surface area contributed by atoms with Crippen molar-refractivity contribution in [1.82, 2.24) is 0 Å². The molecular formula is C7H12O7. The number of ether oxygens (including phenoxy) is 1. The van der Waals surface area contributed by atoms with Crippen LogP contribution >= 0.6 is 0 Å². The molecule has 1 aliphatic rings. The molecule has 5 unspecified atom stereocenters. The second-order valence-electron chi connectivity index (χ2n) is 3.35. The number of carboxylic acid groups (broad SMARTS) is 1. The van der Waals surface area contributed by atoms with Crippen molar-refractivity contribution in [3.05, 3.63) is 0 Å². The van der Waals surface area contributed by atoms with Crippen molar-refractivity contribution in [2.45, 2.75) is 37.1 Å². The predicted molar refractivity (Wildman–Crippen MR) is 41.2 cm³/mol. The molecule has 1 aliphatic heterocycles. The van der Waals surface area contributed by atoms with Crippen LogP contribution in [0.4, 0.5) is 0 Å². The Balaban J connectivity index is 2.96. The smallest absolute Gasteiger partial charge is 0.338 e. The van der Waals surface area contributed by atoms with Gasteiger partial charge in [-0.25, -0.2) is 4.79 Å². The maximum absolute atomic E-state index is 10.7. The third kappa shape index (κ3) is 1.49. The van der Waals surface area contributed by atoms with Gasteiger partial charge in [-0.2, -0.15) is 0 Å². The van der Waals surface area contributed by atoms with Crippen LogP contribution in [0.25, 0.3) is 0 Å². The van der Waals surface area contributed by atoms with E-state index in [0.29, 0.717) is 0 Å². The molecular weight excluding hydrogens is 196 g/mol. The Morgan fingerprint density at radius 1 is 1.21 bits per heavy atom. The molecule has 0 bridgehead atoms. The number of rotatable bonds is 1. The topological polar surface area (TPSA) is 127 Å². The summed E-state index contributed by atoms with van der Waals surface area (Å²) in [6.45, 7) is 0.998. The van der Waals surface area contributed by atoms with Gasteiger partial charge < -0.3 is 30.3 Å². The first kappa shape index (κ1) is 11.3. The lowest BCUT2D eigenvalue weighted by molar-refractivity contribution is -0.310. The summed E-state index contributed by atoms with van der Waals surface area (Å²) < 4.78 is 4.53. The number of aliphatic carboxylic acids is 1. The van der Waals surface area contributed by atoms with Gasteiger partial charge in [-0.05, 0) is 6.92 Å². The van der Waals surface area contributed by atoms with Crippen LogP contribution in [0.3, 0.4) is 0 Å². The molecule has 1 rings (SSSR count). The first-order valence-corrected chi connectivity index (χ1v) is 3.94. The van der Waals surface area contributed by atoms with Gasteiger partial charge in [0, 0.05) is 0 Å². The van der Waals surface area contributed by atoms with E-state index >= 15 is 0 Å². The fourth-order valence-electron chi connectivity index (χ4n) is 1.25. The van der Waals surface area contributed by atoms with Gasteiger partial charge in [0.1, 0.15) is 18.3 Å². The zero-order valence-electron chi connectivity index (χ0n) is 7.36. The number of carbonyl (C=O) groups is 1. The Bertz CT molecular complexity index is 242. The van der Waals surface area contributed by atoms with E-state index in [1.165, 1.54) is 0 Å². The summed E-state index contributed by atoms with van der Waals surface area (Å²) in [5, 5.41) is 45.3. The number of hydrogen-bond acceptors (Lipinski definition) is 6. The molecule has 0 aromatic heterocycles. The number of carboxylic acids is 1. The Morgan fingerprint density at radius 2 is 1.71 bits per heavy atom. The maximum atomic E-state index is 10.7. The van der Waals surface area contributed by atoms with Crippen molar-refractivity contribution < 1.29 is 35.1 Å². The van der Waals surface area contributed by atoms with Gasteiger partial charge in [0.2, 0.25) is 0 Å². The fraction of sp³-hybridized carbons (Fsp3) is 0.857. The van der Waals surface area contributed by atoms with E-state index < -0.39 is 36.2 Å². The van der Waals surface area contributed by atoms with Crippen molar-refractivity contribution in [2.24, 2.45) is 0 Å². The lowest BCUT2D eigenvalue weighted by Crippen LogP contribution is -2.66. The van der Waals surface area contributed by atoms with Crippen molar-refractivity contribution >= 4 is 5.97 Å². The van der Waals surface area contributed by atoms with Gasteiger partial charge in [0.25, 0.3) is 0 Å². The highest BCUT2D eigenvalue weighted by atomic mass is 16.7. The predicted octanol–water partition coefficient (Wildman–Crippen LogP) is -2.74. The normalized spacial score (nSPS) is 48.9. The van der Waals surface area contributed by atoms with Gasteiger partial charge in [-0.15, -0.1) is 0 Å². The minimum absolute atomic E-state index is 0.998. The molecule has 14 heavy (non-hydrogen) atoms. The lowest BCUT2D eigenvalue weighted by Gasteiger charge is -2.42. The summed E-state index contributed by atoms with van der Waals surface area (Å²) in [4.78, 5) is 10.7. The number of hydrogen-bond donors (Lipinski definition) is 5. The molecule has 0 saturated carbocycles. The molecule has 0 aliphatic carbocycles. The molecule has 0 spiro atoms. The Hall–Kier alpha value is -0.730. The quantitative estimate of drug-likeness (QED) is 0.316. The highest BCUT2D eigenvalue weighted by molar-refractivity contribution is 5.78. The first-order chi connectivity index (χ1) is 6.30. The summed E-state index contributed by atoms with van der Waals surface area (Å²) in [6, 6.07) is 0. The zero-order chi connectivity index (χ0) is 11.1. The maximum Gasteiger partial charge on any atom is 0.338 e. The van der Waals surface area contributed by atoms with E-state index in [1.54, 1.807) is 0 Å². The molecule has 0 aromatic carbocycles. The second-order valence-corrected chi connectivity index (χ2v) is 3.35. The van der Waals surface area contributed by atoms with Crippen LogP contribution in [-0.2, 0) is 9.53 Å². The van der Waals surface area contributed by atoms with E-state index in [4.69, 9.17) is 15.3 Å². The SMILES string of the molecule is CC1(C(=O)O)OC(O)C(O)C(O)C1O. The minimum Gasteiger partial charge on any atom is -0.479 e. The Labute approximate surface area is 79.2 Å². The van der Waals surface area contributed by atoms with Gasteiger partial charge in [-0.3, -0.25) is 0 Å². The van der Waals surface area contributed by atoms with Crippen molar-refractivity contribution in [2.75, 3.05) is 0 Å². The molecule has 1 fully saturated rings. The van der Waals surface area contributed by atoms with Crippen molar-refractivity contribution in [3.63, 3.8) is 0 Å². The molecule has 7 heteroatoms. The van der Waals surface area contributed by atoms with Crippen LogP contribution in [0.5, 0.6) is 0 Å². The molecule has 1 heterocycles. The average Bonchev–Trinajstić information content (AvgIpc) is 2.11. The van der Waals surface area contributed by atoms with Crippen LogP contribution in [-0.4, -0.2) is 61.7 Å². The van der Waals surface area contributed by atoms with E-state index in [1.807, 2.05) is 0 Å². The van der Waals surface area contributed by atoms with Crippen molar-refractivity contribution in [1.29, 1.82) is 0 Å². The van der Waals surface area contributed by atoms with E-state index in [2.05, 4.69) is 4.74 Å². The fourth-order valence-corrected chi connectivity index (χ4v) is 1.25. The van der Waals surface area contributed by atoms with E-state index in [9.17, 15) is 15.0 Å². The Kier molecular flexibility index (Phi) is 2.79. The third-order valence-electron chi connectivity index (χ3n) is 2.32. The molecule has 0 radical (unpaired) electrons. The van der Waals surface area contributed by atoms with Crippen LogP contribution in [0.2, 0.25) is 0 Å². The monoisotopic (exact) mass is 208 g/mol. The van der Waals surface area contributed by atoms with Crippen molar-refractivity contribution in [3.8, 4) is 0 Å². The van der Waals surface area contributed by atoms with Crippen LogP contribution in [0.15, 0.2) is 0 Å². The number of aliphatic hydroxyl groups is 4. The van der Waals surface area contributed by atoms with Crippen LogP contribution in [0, 0.1) is 0 Å². The van der Waals surface area contributed by atoms with Gasteiger partial charge in [0.15, 0.2) is 11.9 Å². The summed E-state index contributed by atoms with van der Waals surface area (Å²) >= 11 is 0.